The van der Waals surface area contributed by atoms with Crippen molar-refractivity contribution in [3.05, 3.63) is 0 Å². The molecule has 1 atom stereocenters. The first-order chi connectivity index (χ1) is 4.33. The number of hydrogen-bond donors (Lipinski definition) is 2. The van der Waals surface area contributed by atoms with Crippen molar-refractivity contribution in [2.24, 2.45) is 4.99 Å². The van der Waals surface area contributed by atoms with Crippen LogP contribution in [0.3, 0.4) is 0 Å². The molecule has 2 N–H and O–H groups in total. The van der Waals surface area contributed by atoms with Crippen LogP contribution in [0.25, 0.3) is 0 Å². The number of amides is 1. The van der Waals surface area contributed by atoms with E-state index in [0.29, 0.717) is 13.1 Å². The molecule has 0 saturated carbocycles. The number of carbonyl (C=O) groups is 1. The highest BCUT2D eigenvalue weighted by Gasteiger charge is 2.47. The lowest BCUT2D eigenvalue weighted by atomic mass is 9.93. The molecule has 0 aliphatic carbocycles. The Morgan fingerprint density at radius 1 is 1.78 bits per heavy atom. The predicted octanol–water partition coefficient (Wildman–Crippen LogP) is -1.51. The molecule has 0 bridgehead atoms. The van der Waals surface area contributed by atoms with Crippen LogP contribution in [-0.2, 0) is 4.79 Å². The molecule has 2 aliphatic rings. The van der Waals surface area contributed by atoms with Gasteiger partial charge in [-0.3, -0.25) is 9.79 Å². The Bertz CT molecular complexity index is 179. The van der Waals surface area contributed by atoms with E-state index in [2.05, 4.69) is 15.6 Å². The molecule has 4 nitrogen and oxygen atoms in total. The van der Waals surface area contributed by atoms with Crippen molar-refractivity contribution in [2.75, 3.05) is 13.1 Å². The van der Waals surface area contributed by atoms with Gasteiger partial charge in [-0.05, 0) is 0 Å². The van der Waals surface area contributed by atoms with Gasteiger partial charge in [0.05, 0.1) is 19.4 Å². The smallest absolute Gasteiger partial charge is 0.249 e. The van der Waals surface area contributed by atoms with Gasteiger partial charge in [-0.15, -0.1) is 0 Å². The molecule has 1 saturated heterocycles. The van der Waals surface area contributed by atoms with Crippen LogP contribution in [0.2, 0.25) is 0 Å². The molecule has 0 aromatic rings. The molecule has 2 rings (SSSR count). The van der Waals surface area contributed by atoms with E-state index in [1.165, 1.54) is 0 Å². The van der Waals surface area contributed by atoms with E-state index in [1.54, 1.807) is 6.34 Å². The summed E-state index contributed by atoms with van der Waals surface area (Å²) in [6.45, 7) is 1.31. The maximum atomic E-state index is 10.8. The summed E-state index contributed by atoms with van der Waals surface area (Å²) in [7, 11) is 0. The Morgan fingerprint density at radius 3 is 2.89 bits per heavy atom. The Kier molecular flexibility index (Phi) is 0.670. The van der Waals surface area contributed by atoms with Gasteiger partial charge in [0, 0.05) is 0 Å². The number of carbonyl (C=O) groups excluding carboxylic acids is 1. The van der Waals surface area contributed by atoms with Crippen molar-refractivity contribution >= 4 is 12.2 Å². The number of aliphatic imine (C=N–C) groups is 1. The van der Waals surface area contributed by atoms with Gasteiger partial charge in [-0.1, -0.05) is 0 Å². The van der Waals surface area contributed by atoms with Gasteiger partial charge < -0.3 is 10.6 Å². The molecule has 2 heterocycles. The predicted molar refractivity (Wildman–Crippen MR) is 32.2 cm³/mol. The molecule has 0 aromatic heterocycles. The van der Waals surface area contributed by atoms with E-state index in [4.69, 9.17) is 0 Å². The number of nitrogens with one attached hydrogen (secondary N) is 2. The average molecular weight is 125 g/mol. The quantitative estimate of drug-likeness (QED) is 0.386. The topological polar surface area (TPSA) is 53.5 Å². The monoisotopic (exact) mass is 125 g/mol. The minimum absolute atomic E-state index is 0.0694. The molecule has 1 fully saturated rings. The standard InChI is InChI=1S/C5H7N3O/c9-4-5(2-7-4)1-6-3-8-5/h3H,1-2H2,(H,6,8)(H,7,9). The Labute approximate surface area is 52.3 Å². The normalized spacial score (nSPS) is 38.0. The van der Waals surface area contributed by atoms with Crippen LogP contribution in [0.15, 0.2) is 4.99 Å². The minimum atomic E-state index is -0.347. The minimum Gasteiger partial charge on any atom is -0.359 e. The fourth-order valence-corrected chi connectivity index (χ4v) is 1.03. The van der Waals surface area contributed by atoms with Crippen LogP contribution >= 0.6 is 0 Å². The fraction of sp³-hybridized carbons (Fsp3) is 0.600. The van der Waals surface area contributed by atoms with Crippen LogP contribution in [0.1, 0.15) is 0 Å². The molecule has 0 radical (unpaired) electrons. The highest BCUT2D eigenvalue weighted by Crippen LogP contribution is 2.14. The van der Waals surface area contributed by atoms with E-state index >= 15 is 0 Å². The molecule has 4 heteroatoms. The van der Waals surface area contributed by atoms with Gasteiger partial charge in [0.2, 0.25) is 5.91 Å². The van der Waals surface area contributed by atoms with Crippen molar-refractivity contribution < 1.29 is 4.79 Å². The largest absolute Gasteiger partial charge is 0.359 e. The van der Waals surface area contributed by atoms with Gasteiger partial charge in [0.1, 0.15) is 0 Å². The molecular formula is C5H7N3O. The van der Waals surface area contributed by atoms with Crippen LogP contribution in [-0.4, -0.2) is 30.9 Å². The number of nitrogens with zero attached hydrogens (tertiary/aromatic N) is 1. The highest BCUT2D eigenvalue weighted by molar-refractivity contribution is 5.96. The van der Waals surface area contributed by atoms with E-state index in [9.17, 15) is 4.79 Å². The molecule has 1 unspecified atom stereocenters. The van der Waals surface area contributed by atoms with Gasteiger partial charge in [-0.25, -0.2) is 0 Å². The summed E-state index contributed by atoms with van der Waals surface area (Å²) in [4.78, 5) is 14.7. The Morgan fingerprint density at radius 2 is 2.67 bits per heavy atom. The van der Waals surface area contributed by atoms with Gasteiger partial charge in [0.15, 0.2) is 5.54 Å². The molecule has 9 heavy (non-hydrogen) atoms. The third-order valence-electron chi connectivity index (χ3n) is 1.78. The number of β-lactam (4-membered cyclic amide) rings is 1. The third kappa shape index (κ3) is 0.426. The van der Waals surface area contributed by atoms with Crippen molar-refractivity contribution in [2.45, 2.75) is 5.54 Å². The van der Waals surface area contributed by atoms with Crippen LogP contribution in [0, 0.1) is 0 Å². The molecular weight excluding hydrogens is 118 g/mol. The zero-order chi connectivity index (χ0) is 6.32. The highest BCUT2D eigenvalue weighted by atomic mass is 16.2. The van der Waals surface area contributed by atoms with Crippen molar-refractivity contribution in [3.8, 4) is 0 Å². The summed E-state index contributed by atoms with van der Waals surface area (Å²) in [5, 5.41) is 5.58. The second kappa shape index (κ2) is 1.26. The first kappa shape index (κ1) is 4.78. The van der Waals surface area contributed by atoms with Crippen LogP contribution in [0.4, 0.5) is 0 Å². The molecule has 0 aromatic carbocycles. The first-order valence-corrected chi connectivity index (χ1v) is 2.88. The summed E-state index contributed by atoms with van der Waals surface area (Å²) in [5.41, 5.74) is -0.347. The van der Waals surface area contributed by atoms with E-state index in [-0.39, 0.29) is 11.4 Å². The summed E-state index contributed by atoms with van der Waals surface area (Å²) >= 11 is 0. The number of rotatable bonds is 0. The number of hydrogen-bond acceptors (Lipinski definition) is 3. The van der Waals surface area contributed by atoms with Crippen molar-refractivity contribution in [3.63, 3.8) is 0 Å². The second-order valence-electron chi connectivity index (χ2n) is 2.38. The molecule has 48 valence electrons. The third-order valence-corrected chi connectivity index (χ3v) is 1.78. The fourth-order valence-electron chi connectivity index (χ4n) is 1.03. The lowest BCUT2D eigenvalue weighted by Gasteiger charge is -2.36. The maximum Gasteiger partial charge on any atom is 0.249 e. The zero-order valence-electron chi connectivity index (χ0n) is 4.85. The Balaban J connectivity index is 2.18. The average Bonchev–Trinajstić information content (AvgIpc) is 2.34. The molecule has 2 aliphatic heterocycles. The van der Waals surface area contributed by atoms with Gasteiger partial charge in [0.25, 0.3) is 0 Å². The summed E-state index contributed by atoms with van der Waals surface area (Å²) in [6.07, 6.45) is 1.60. The van der Waals surface area contributed by atoms with Crippen molar-refractivity contribution in [1.82, 2.24) is 10.6 Å². The lowest BCUT2D eigenvalue weighted by Crippen LogP contribution is -2.71. The SMILES string of the molecule is O=C1NCC12CN=CN2. The summed E-state index contributed by atoms with van der Waals surface area (Å²) in [6, 6.07) is 0. The van der Waals surface area contributed by atoms with Crippen molar-refractivity contribution in [1.29, 1.82) is 0 Å². The summed E-state index contributed by atoms with van der Waals surface area (Å²) < 4.78 is 0. The molecule has 1 amide bonds. The van der Waals surface area contributed by atoms with Gasteiger partial charge >= 0.3 is 0 Å². The van der Waals surface area contributed by atoms with E-state index in [1.807, 2.05) is 0 Å². The lowest BCUT2D eigenvalue weighted by molar-refractivity contribution is -0.133. The van der Waals surface area contributed by atoms with E-state index < -0.39 is 0 Å². The summed E-state index contributed by atoms with van der Waals surface area (Å²) in [5.74, 6) is 0.0694. The molecule has 1 spiro atoms. The first-order valence-electron chi connectivity index (χ1n) is 2.88. The van der Waals surface area contributed by atoms with E-state index in [0.717, 1.165) is 0 Å². The van der Waals surface area contributed by atoms with Crippen LogP contribution in [0.5, 0.6) is 0 Å². The van der Waals surface area contributed by atoms with Gasteiger partial charge in [-0.2, -0.15) is 0 Å². The second-order valence-corrected chi connectivity index (χ2v) is 2.38. The zero-order valence-corrected chi connectivity index (χ0v) is 4.85. The Hall–Kier alpha value is -1.06. The van der Waals surface area contributed by atoms with Crippen LogP contribution < -0.4 is 10.6 Å². The maximum absolute atomic E-state index is 10.8.